The highest BCUT2D eigenvalue weighted by Crippen LogP contribution is 2.52. The Hall–Kier alpha value is -2.36. The summed E-state index contributed by atoms with van der Waals surface area (Å²) in [5, 5.41) is 0. The number of nitrogens with one attached hydrogen (secondary N) is 1. The molecule has 2 aliphatic rings. The van der Waals surface area contributed by atoms with E-state index in [9.17, 15) is 22.0 Å². The number of hydrogen-bond acceptors (Lipinski definition) is 3. The number of hydrogen-bond donors (Lipinski definition) is 1. The van der Waals surface area contributed by atoms with Crippen LogP contribution in [0, 0.1) is 17.6 Å². The van der Waals surface area contributed by atoms with Crippen LogP contribution in [-0.4, -0.2) is 56.8 Å². The van der Waals surface area contributed by atoms with Gasteiger partial charge in [-0.2, -0.15) is 12.7 Å². The minimum Gasteiger partial charge on any atom is -0.338 e. The van der Waals surface area contributed by atoms with E-state index < -0.39 is 21.8 Å². The lowest BCUT2D eigenvalue weighted by molar-refractivity contribution is -0.140. The SMILES string of the molecule is CN(C)S(=O)(=O)NC[C@@H]1CCN1C(=O)[C@@H]1C[C@H]1c1ccccc1-c1c(F)cccc1F. The second kappa shape index (κ2) is 8.29. The van der Waals surface area contributed by atoms with E-state index in [1.165, 1.54) is 32.3 Å². The molecule has 0 radical (unpaired) electrons. The predicted molar refractivity (Wildman–Crippen MR) is 113 cm³/mol. The minimum atomic E-state index is -3.55. The Morgan fingerprint density at radius 2 is 1.81 bits per heavy atom. The zero-order valence-corrected chi connectivity index (χ0v) is 18.2. The molecular formula is C22H25F2N3O3S. The van der Waals surface area contributed by atoms with Gasteiger partial charge in [0.1, 0.15) is 11.6 Å². The number of likely N-dealkylation sites (tertiary alicyclic amines) is 1. The molecule has 0 unspecified atom stereocenters. The molecular weight excluding hydrogens is 424 g/mol. The summed E-state index contributed by atoms with van der Waals surface area (Å²) in [7, 11) is -0.665. The Kier molecular flexibility index (Phi) is 5.85. The minimum absolute atomic E-state index is 0.0332. The van der Waals surface area contributed by atoms with E-state index in [1.807, 2.05) is 6.07 Å². The highest BCUT2D eigenvalue weighted by Gasteiger charge is 2.49. The van der Waals surface area contributed by atoms with Crippen LogP contribution < -0.4 is 4.72 Å². The van der Waals surface area contributed by atoms with Crippen molar-refractivity contribution in [3.05, 3.63) is 59.7 Å². The van der Waals surface area contributed by atoms with Crippen LogP contribution in [0.1, 0.15) is 24.3 Å². The molecule has 1 saturated heterocycles. The zero-order valence-electron chi connectivity index (χ0n) is 17.4. The summed E-state index contributed by atoms with van der Waals surface area (Å²) >= 11 is 0. The standard InChI is InChI=1S/C22H25F2N3O3S/c1-26(2)31(29,30)25-13-14-10-11-27(14)22(28)18-12-17(18)15-6-3-4-7-16(15)21-19(23)8-5-9-20(21)24/h3-9,14,17-18,25H,10-13H2,1-2H3/t14-,17-,18+/m0/s1. The molecule has 6 nitrogen and oxygen atoms in total. The molecule has 9 heteroatoms. The van der Waals surface area contributed by atoms with Gasteiger partial charge in [-0.3, -0.25) is 4.79 Å². The van der Waals surface area contributed by atoms with E-state index in [2.05, 4.69) is 4.72 Å². The first-order chi connectivity index (χ1) is 14.7. The van der Waals surface area contributed by atoms with Gasteiger partial charge in [-0.1, -0.05) is 30.3 Å². The van der Waals surface area contributed by atoms with Crippen molar-refractivity contribution < 1.29 is 22.0 Å². The van der Waals surface area contributed by atoms with Crippen molar-refractivity contribution in [1.82, 2.24) is 13.9 Å². The lowest BCUT2D eigenvalue weighted by Crippen LogP contribution is -2.57. The normalized spacial score (nSPS) is 23.0. The van der Waals surface area contributed by atoms with Gasteiger partial charge in [0.25, 0.3) is 10.2 Å². The van der Waals surface area contributed by atoms with Crippen molar-refractivity contribution >= 4 is 16.1 Å². The van der Waals surface area contributed by atoms with E-state index >= 15 is 0 Å². The third-order valence-corrected chi connectivity index (χ3v) is 7.60. The molecule has 2 aromatic rings. The van der Waals surface area contributed by atoms with Gasteiger partial charge in [0.2, 0.25) is 5.91 Å². The summed E-state index contributed by atoms with van der Waals surface area (Å²) in [4.78, 5) is 14.7. The molecule has 1 N–H and O–H groups in total. The number of carbonyl (C=O) groups excluding carboxylic acids is 1. The largest absolute Gasteiger partial charge is 0.338 e. The van der Waals surface area contributed by atoms with Crippen molar-refractivity contribution in [3.8, 4) is 11.1 Å². The van der Waals surface area contributed by atoms with Crippen LogP contribution in [0.25, 0.3) is 11.1 Å². The lowest BCUT2D eigenvalue weighted by Gasteiger charge is -2.41. The van der Waals surface area contributed by atoms with Gasteiger partial charge in [0.05, 0.1) is 5.56 Å². The summed E-state index contributed by atoms with van der Waals surface area (Å²) in [6.07, 6.45) is 1.34. The van der Waals surface area contributed by atoms with E-state index in [4.69, 9.17) is 0 Å². The summed E-state index contributed by atoms with van der Waals surface area (Å²) in [5.74, 6) is -1.67. The molecule has 1 heterocycles. The highest BCUT2D eigenvalue weighted by molar-refractivity contribution is 7.87. The maximum Gasteiger partial charge on any atom is 0.279 e. The smallest absolute Gasteiger partial charge is 0.279 e. The van der Waals surface area contributed by atoms with Crippen LogP contribution in [0.5, 0.6) is 0 Å². The summed E-state index contributed by atoms with van der Waals surface area (Å²) in [6.45, 7) is 0.751. The molecule has 0 aromatic heterocycles. The van der Waals surface area contributed by atoms with Crippen molar-refractivity contribution in [1.29, 1.82) is 0 Å². The second-order valence-electron chi connectivity index (χ2n) is 8.24. The maximum absolute atomic E-state index is 14.4. The van der Waals surface area contributed by atoms with Gasteiger partial charge in [-0.25, -0.2) is 13.5 Å². The average molecular weight is 450 g/mol. The first-order valence-corrected chi connectivity index (χ1v) is 11.7. The molecule has 1 amide bonds. The molecule has 1 aliphatic carbocycles. The van der Waals surface area contributed by atoms with Gasteiger partial charge >= 0.3 is 0 Å². The third-order valence-electron chi connectivity index (χ3n) is 6.11. The second-order valence-corrected chi connectivity index (χ2v) is 10.2. The number of nitrogens with zero attached hydrogens (tertiary/aromatic N) is 2. The van der Waals surface area contributed by atoms with Crippen molar-refractivity contribution in [2.75, 3.05) is 27.2 Å². The Morgan fingerprint density at radius 3 is 2.42 bits per heavy atom. The number of amides is 1. The number of rotatable bonds is 7. The van der Waals surface area contributed by atoms with Crippen LogP contribution in [0.3, 0.4) is 0 Å². The number of benzene rings is 2. The molecule has 2 fully saturated rings. The Morgan fingerprint density at radius 1 is 1.13 bits per heavy atom. The fourth-order valence-corrected chi connectivity index (χ4v) is 4.76. The van der Waals surface area contributed by atoms with Crippen LogP contribution in [0.4, 0.5) is 8.78 Å². The van der Waals surface area contributed by atoms with E-state index in [-0.39, 0.29) is 35.9 Å². The molecule has 3 atom stereocenters. The molecule has 2 aromatic carbocycles. The van der Waals surface area contributed by atoms with Crippen molar-refractivity contribution in [2.24, 2.45) is 5.92 Å². The average Bonchev–Trinajstić information content (AvgIpc) is 3.48. The predicted octanol–water partition coefficient (Wildman–Crippen LogP) is 2.73. The third kappa shape index (κ3) is 4.22. The quantitative estimate of drug-likeness (QED) is 0.707. The fourth-order valence-electron chi connectivity index (χ4n) is 4.10. The van der Waals surface area contributed by atoms with Crippen LogP contribution in [0.15, 0.2) is 42.5 Å². The molecule has 1 saturated carbocycles. The Bertz CT molecular complexity index is 1090. The van der Waals surface area contributed by atoms with Gasteiger partial charge in [0.15, 0.2) is 0 Å². The molecule has 166 valence electrons. The number of halogens is 2. The van der Waals surface area contributed by atoms with Crippen LogP contribution in [-0.2, 0) is 15.0 Å². The van der Waals surface area contributed by atoms with Crippen LogP contribution >= 0.6 is 0 Å². The molecule has 31 heavy (non-hydrogen) atoms. The van der Waals surface area contributed by atoms with Gasteiger partial charge in [0, 0.05) is 39.1 Å². The first kappa shape index (κ1) is 21.9. The van der Waals surface area contributed by atoms with Gasteiger partial charge in [-0.05, 0) is 42.0 Å². The first-order valence-electron chi connectivity index (χ1n) is 10.2. The van der Waals surface area contributed by atoms with Crippen molar-refractivity contribution in [2.45, 2.75) is 24.8 Å². The monoisotopic (exact) mass is 449 g/mol. The topological polar surface area (TPSA) is 69.7 Å². The van der Waals surface area contributed by atoms with Crippen LogP contribution in [0.2, 0.25) is 0 Å². The molecule has 0 spiro atoms. The molecule has 4 rings (SSSR count). The van der Waals surface area contributed by atoms with E-state index in [1.54, 1.807) is 23.1 Å². The van der Waals surface area contributed by atoms with E-state index in [0.29, 0.717) is 18.5 Å². The number of carbonyl (C=O) groups is 1. The van der Waals surface area contributed by atoms with Crippen molar-refractivity contribution in [3.63, 3.8) is 0 Å². The summed E-state index contributed by atoms with van der Waals surface area (Å²) in [5.41, 5.74) is 1.16. The lowest BCUT2D eigenvalue weighted by atomic mass is 9.94. The maximum atomic E-state index is 14.4. The fraction of sp³-hybridized carbons (Fsp3) is 0.409. The zero-order chi connectivity index (χ0) is 22.3. The highest BCUT2D eigenvalue weighted by atomic mass is 32.2. The molecule has 1 aliphatic heterocycles. The van der Waals surface area contributed by atoms with Gasteiger partial charge < -0.3 is 4.90 Å². The summed E-state index contributed by atoms with van der Waals surface area (Å²) in [6, 6.07) is 10.6. The Labute approximate surface area is 181 Å². The van der Waals surface area contributed by atoms with E-state index in [0.717, 1.165) is 16.3 Å². The summed E-state index contributed by atoms with van der Waals surface area (Å²) < 4.78 is 56.2. The van der Waals surface area contributed by atoms with Gasteiger partial charge in [-0.15, -0.1) is 0 Å². The Balaban J connectivity index is 1.47. The molecule has 0 bridgehead atoms.